The molecule has 0 aliphatic rings. The van der Waals surface area contributed by atoms with Crippen molar-refractivity contribution in [1.82, 2.24) is 9.38 Å². The van der Waals surface area contributed by atoms with Gasteiger partial charge in [-0.05, 0) is 25.5 Å². The first-order valence-electron chi connectivity index (χ1n) is 4.23. The van der Waals surface area contributed by atoms with Crippen molar-refractivity contribution in [2.24, 2.45) is 0 Å². The fraction of sp³-hybridized carbons (Fsp3) is 0.300. The van der Waals surface area contributed by atoms with Crippen LogP contribution in [0.4, 0.5) is 0 Å². The van der Waals surface area contributed by atoms with E-state index in [0.29, 0.717) is 0 Å². The first-order valence-corrected chi connectivity index (χ1v) is 4.23. The number of imidazole rings is 1. The maximum Gasteiger partial charge on any atom is 0.136 e. The highest BCUT2D eigenvalue weighted by atomic mass is 16.3. The van der Waals surface area contributed by atoms with Crippen LogP contribution in [0.15, 0.2) is 30.7 Å². The molecule has 0 aromatic carbocycles. The van der Waals surface area contributed by atoms with E-state index in [4.69, 9.17) is 0 Å². The van der Waals surface area contributed by atoms with E-state index in [2.05, 4.69) is 4.98 Å². The Balaban J connectivity index is 2.61. The van der Waals surface area contributed by atoms with Gasteiger partial charge in [-0.15, -0.1) is 0 Å². The Labute approximate surface area is 76.7 Å². The van der Waals surface area contributed by atoms with Crippen molar-refractivity contribution in [3.63, 3.8) is 0 Å². The number of fused-ring (bicyclic) bond motifs is 1. The summed E-state index contributed by atoms with van der Waals surface area (Å²) in [5.41, 5.74) is 0.990. The lowest BCUT2D eigenvalue weighted by Crippen LogP contribution is -2.15. The maximum atomic E-state index is 9.75. The highest BCUT2D eigenvalue weighted by Gasteiger charge is 2.15. The molecule has 0 amide bonds. The van der Waals surface area contributed by atoms with Crippen LogP contribution >= 0.6 is 0 Å². The highest BCUT2D eigenvalue weighted by Crippen LogP contribution is 2.19. The molecular formula is C10H12N2O. The molecule has 0 unspecified atom stereocenters. The minimum Gasteiger partial charge on any atom is -0.386 e. The lowest BCUT2D eigenvalue weighted by Gasteiger charge is -2.17. The topological polar surface area (TPSA) is 37.5 Å². The highest BCUT2D eigenvalue weighted by molar-refractivity contribution is 5.40. The van der Waals surface area contributed by atoms with Gasteiger partial charge in [-0.3, -0.25) is 0 Å². The van der Waals surface area contributed by atoms with Gasteiger partial charge in [0.05, 0.1) is 5.60 Å². The summed E-state index contributed by atoms with van der Waals surface area (Å²) in [5, 5.41) is 9.75. The van der Waals surface area contributed by atoms with Gasteiger partial charge in [0.15, 0.2) is 0 Å². The molecule has 68 valence electrons. The Morgan fingerprint density at radius 1 is 1.38 bits per heavy atom. The number of hydrogen-bond donors (Lipinski definition) is 1. The largest absolute Gasteiger partial charge is 0.386 e. The minimum absolute atomic E-state index is 0.793. The van der Waals surface area contributed by atoms with Gasteiger partial charge in [0.2, 0.25) is 0 Å². The van der Waals surface area contributed by atoms with Gasteiger partial charge in [-0.2, -0.15) is 0 Å². The van der Waals surface area contributed by atoms with Crippen LogP contribution in [-0.2, 0) is 5.60 Å². The van der Waals surface area contributed by atoms with Crippen LogP contribution in [0.3, 0.4) is 0 Å². The zero-order valence-corrected chi connectivity index (χ0v) is 7.73. The Kier molecular flexibility index (Phi) is 1.63. The molecule has 0 fully saturated rings. The van der Waals surface area contributed by atoms with E-state index in [0.717, 1.165) is 11.2 Å². The average Bonchev–Trinajstić information content (AvgIpc) is 2.47. The minimum atomic E-state index is -0.793. The lowest BCUT2D eigenvalue weighted by molar-refractivity contribution is 0.0781. The molecule has 0 saturated heterocycles. The van der Waals surface area contributed by atoms with Gasteiger partial charge in [0.25, 0.3) is 0 Å². The summed E-state index contributed by atoms with van der Waals surface area (Å²) in [6, 6.07) is 3.79. The summed E-state index contributed by atoms with van der Waals surface area (Å²) in [6.45, 7) is 3.54. The summed E-state index contributed by atoms with van der Waals surface area (Å²) in [4.78, 5) is 4.12. The molecule has 2 aromatic heterocycles. The fourth-order valence-corrected chi connectivity index (χ4v) is 1.28. The molecule has 2 rings (SSSR count). The monoisotopic (exact) mass is 176 g/mol. The molecule has 0 aliphatic heterocycles. The molecule has 0 atom stereocenters. The Morgan fingerprint density at radius 3 is 2.85 bits per heavy atom. The van der Waals surface area contributed by atoms with Gasteiger partial charge < -0.3 is 9.51 Å². The first kappa shape index (κ1) is 8.26. The van der Waals surface area contributed by atoms with Crippen molar-refractivity contribution in [2.75, 3.05) is 0 Å². The number of pyridine rings is 1. The van der Waals surface area contributed by atoms with Gasteiger partial charge in [0, 0.05) is 18.6 Å². The Bertz CT molecular complexity index is 426. The Morgan fingerprint density at radius 2 is 2.15 bits per heavy atom. The molecule has 2 heterocycles. The Hall–Kier alpha value is -1.35. The van der Waals surface area contributed by atoms with E-state index in [-0.39, 0.29) is 0 Å². The number of aromatic nitrogens is 2. The molecule has 13 heavy (non-hydrogen) atoms. The second-order valence-electron chi connectivity index (χ2n) is 3.67. The fourth-order valence-electron chi connectivity index (χ4n) is 1.28. The van der Waals surface area contributed by atoms with Crippen molar-refractivity contribution < 1.29 is 5.11 Å². The number of aliphatic hydroxyl groups is 1. The lowest BCUT2D eigenvalue weighted by atomic mass is 10.0. The van der Waals surface area contributed by atoms with Crippen LogP contribution < -0.4 is 0 Å². The summed E-state index contributed by atoms with van der Waals surface area (Å²) in [5.74, 6) is 0. The van der Waals surface area contributed by atoms with Crippen LogP contribution in [0.5, 0.6) is 0 Å². The van der Waals surface area contributed by atoms with Crippen LogP contribution in [0.2, 0.25) is 0 Å². The maximum absolute atomic E-state index is 9.75. The van der Waals surface area contributed by atoms with E-state index < -0.39 is 5.60 Å². The van der Waals surface area contributed by atoms with E-state index in [1.807, 2.05) is 28.9 Å². The van der Waals surface area contributed by atoms with E-state index in [1.54, 1.807) is 20.0 Å². The smallest absolute Gasteiger partial charge is 0.136 e. The number of hydrogen-bond acceptors (Lipinski definition) is 2. The third kappa shape index (κ3) is 1.42. The van der Waals surface area contributed by atoms with Crippen LogP contribution in [-0.4, -0.2) is 14.5 Å². The predicted octanol–water partition coefficient (Wildman–Crippen LogP) is 1.56. The molecule has 3 heteroatoms. The van der Waals surface area contributed by atoms with Gasteiger partial charge in [-0.1, -0.05) is 6.07 Å². The van der Waals surface area contributed by atoms with E-state index in [1.165, 1.54) is 0 Å². The standard InChI is InChI=1S/C10H12N2O/c1-10(2,13)8-3-4-9-11-5-6-12(9)7-8/h3-7,13H,1-2H3. The molecule has 1 N–H and O–H groups in total. The van der Waals surface area contributed by atoms with Gasteiger partial charge in [-0.25, -0.2) is 4.98 Å². The summed E-state index contributed by atoms with van der Waals surface area (Å²) < 4.78 is 1.90. The number of rotatable bonds is 1. The molecule has 0 spiro atoms. The van der Waals surface area contributed by atoms with Crippen molar-refractivity contribution in [2.45, 2.75) is 19.4 Å². The van der Waals surface area contributed by atoms with Crippen LogP contribution in [0.25, 0.3) is 5.65 Å². The molecule has 3 nitrogen and oxygen atoms in total. The van der Waals surface area contributed by atoms with Crippen LogP contribution in [0, 0.1) is 0 Å². The van der Waals surface area contributed by atoms with Gasteiger partial charge in [0.1, 0.15) is 5.65 Å². The van der Waals surface area contributed by atoms with Crippen molar-refractivity contribution in [1.29, 1.82) is 0 Å². The zero-order valence-electron chi connectivity index (χ0n) is 7.73. The summed E-state index contributed by atoms with van der Waals surface area (Å²) in [6.07, 6.45) is 5.50. The average molecular weight is 176 g/mol. The molecule has 0 aliphatic carbocycles. The third-order valence-corrected chi connectivity index (χ3v) is 2.10. The van der Waals surface area contributed by atoms with Crippen molar-refractivity contribution in [3.05, 3.63) is 36.3 Å². The molecule has 0 radical (unpaired) electrons. The number of nitrogens with zero attached hydrogens (tertiary/aromatic N) is 2. The SMILES string of the molecule is CC(C)(O)c1ccc2nccn2c1. The molecular weight excluding hydrogens is 164 g/mol. The molecule has 0 saturated carbocycles. The second kappa shape index (κ2) is 2.57. The van der Waals surface area contributed by atoms with E-state index in [9.17, 15) is 5.11 Å². The molecule has 2 aromatic rings. The normalized spacial score (nSPS) is 12.2. The first-order chi connectivity index (χ1) is 6.07. The van der Waals surface area contributed by atoms with Crippen LogP contribution in [0.1, 0.15) is 19.4 Å². The second-order valence-corrected chi connectivity index (χ2v) is 3.67. The van der Waals surface area contributed by atoms with E-state index >= 15 is 0 Å². The van der Waals surface area contributed by atoms with Crippen molar-refractivity contribution in [3.8, 4) is 0 Å². The third-order valence-electron chi connectivity index (χ3n) is 2.10. The predicted molar refractivity (Wildman–Crippen MR) is 50.4 cm³/mol. The van der Waals surface area contributed by atoms with Gasteiger partial charge >= 0.3 is 0 Å². The summed E-state index contributed by atoms with van der Waals surface area (Å²) in [7, 11) is 0. The quantitative estimate of drug-likeness (QED) is 0.716. The summed E-state index contributed by atoms with van der Waals surface area (Å²) >= 11 is 0. The molecule has 0 bridgehead atoms. The van der Waals surface area contributed by atoms with Crippen molar-refractivity contribution >= 4 is 5.65 Å². The zero-order chi connectivity index (χ0) is 9.47.